The summed E-state index contributed by atoms with van der Waals surface area (Å²) in [6.07, 6.45) is 1.95. The third-order valence-corrected chi connectivity index (χ3v) is 5.69. The molecule has 0 fully saturated rings. The minimum atomic E-state index is 0.436. The minimum Gasteiger partial charge on any atom is -0.370 e. The van der Waals surface area contributed by atoms with Crippen LogP contribution in [0.3, 0.4) is 0 Å². The first kappa shape index (κ1) is 17.0. The number of hydrogen-bond acceptors (Lipinski definition) is 4. The van der Waals surface area contributed by atoms with E-state index in [2.05, 4.69) is 76.2 Å². The molecule has 3 aromatic rings. The Hall–Kier alpha value is -3.08. The molecule has 5 heteroatoms. The van der Waals surface area contributed by atoms with Gasteiger partial charge >= 0.3 is 0 Å². The zero-order valence-electron chi connectivity index (χ0n) is 16.1. The lowest BCUT2D eigenvalue weighted by atomic mass is 9.81. The van der Waals surface area contributed by atoms with Gasteiger partial charge in [0.25, 0.3) is 0 Å². The number of nitrogens with one attached hydrogen (secondary N) is 3. The number of aromatic amines is 1. The second-order valence-corrected chi connectivity index (χ2v) is 7.69. The van der Waals surface area contributed by atoms with Gasteiger partial charge in [0.05, 0.1) is 18.8 Å². The van der Waals surface area contributed by atoms with Crippen molar-refractivity contribution in [2.75, 3.05) is 19.6 Å². The second-order valence-electron chi connectivity index (χ2n) is 7.69. The van der Waals surface area contributed by atoms with Gasteiger partial charge in [0, 0.05) is 28.7 Å². The third-order valence-electron chi connectivity index (χ3n) is 5.69. The number of benzene rings is 2. The highest BCUT2D eigenvalue weighted by Gasteiger charge is 2.28. The SMILES string of the molecule is Cc1ccc2[nH]c3c(c2c1)C(=NNCC1=NCCN1)CC(c1ccccc1)C3. The van der Waals surface area contributed by atoms with Gasteiger partial charge in [-0.3, -0.25) is 4.99 Å². The molecule has 5 nitrogen and oxygen atoms in total. The highest BCUT2D eigenvalue weighted by molar-refractivity contribution is 6.13. The first-order chi connectivity index (χ1) is 13.8. The van der Waals surface area contributed by atoms with Crippen molar-refractivity contribution in [3.8, 4) is 0 Å². The number of aryl methyl sites for hydroxylation is 1. The lowest BCUT2D eigenvalue weighted by molar-refractivity contribution is 0.678. The molecule has 2 aromatic carbocycles. The van der Waals surface area contributed by atoms with Gasteiger partial charge in [-0.1, -0.05) is 42.0 Å². The number of hydrogen-bond donors (Lipinski definition) is 3. The lowest BCUT2D eigenvalue weighted by Gasteiger charge is -2.24. The highest BCUT2D eigenvalue weighted by atomic mass is 15.3. The van der Waals surface area contributed by atoms with E-state index in [-0.39, 0.29) is 0 Å². The molecule has 5 rings (SSSR count). The minimum absolute atomic E-state index is 0.436. The summed E-state index contributed by atoms with van der Waals surface area (Å²) >= 11 is 0. The largest absolute Gasteiger partial charge is 0.370 e. The third kappa shape index (κ3) is 3.17. The zero-order valence-corrected chi connectivity index (χ0v) is 16.1. The summed E-state index contributed by atoms with van der Waals surface area (Å²) in [7, 11) is 0. The number of H-pyrrole nitrogens is 1. The molecule has 0 bridgehead atoms. The maximum atomic E-state index is 4.84. The zero-order chi connectivity index (χ0) is 18.9. The van der Waals surface area contributed by atoms with Crippen LogP contribution in [0.5, 0.6) is 0 Å². The molecule has 1 unspecified atom stereocenters. The number of aromatic nitrogens is 1. The van der Waals surface area contributed by atoms with Gasteiger partial charge in [0.2, 0.25) is 0 Å². The first-order valence-corrected chi connectivity index (χ1v) is 10.0. The van der Waals surface area contributed by atoms with Crippen LogP contribution in [-0.2, 0) is 6.42 Å². The van der Waals surface area contributed by atoms with Crippen molar-refractivity contribution in [3.05, 3.63) is 70.9 Å². The fourth-order valence-electron chi connectivity index (χ4n) is 4.34. The van der Waals surface area contributed by atoms with Gasteiger partial charge in [0.15, 0.2) is 0 Å². The predicted octanol–water partition coefficient (Wildman–Crippen LogP) is 3.50. The Morgan fingerprint density at radius 2 is 2.04 bits per heavy atom. The van der Waals surface area contributed by atoms with Crippen molar-refractivity contribution in [2.45, 2.75) is 25.7 Å². The Morgan fingerprint density at radius 3 is 2.86 bits per heavy atom. The summed E-state index contributed by atoms with van der Waals surface area (Å²) < 4.78 is 0. The molecule has 28 heavy (non-hydrogen) atoms. The van der Waals surface area contributed by atoms with Gasteiger partial charge in [-0.2, -0.15) is 5.10 Å². The molecule has 142 valence electrons. The number of nitrogens with zero attached hydrogens (tertiary/aromatic N) is 2. The van der Waals surface area contributed by atoms with E-state index in [4.69, 9.17) is 5.10 Å². The summed E-state index contributed by atoms with van der Waals surface area (Å²) in [6.45, 7) is 4.58. The summed E-state index contributed by atoms with van der Waals surface area (Å²) in [5.74, 6) is 1.43. The topological polar surface area (TPSA) is 64.6 Å². The van der Waals surface area contributed by atoms with Crippen LogP contribution < -0.4 is 10.7 Å². The monoisotopic (exact) mass is 371 g/mol. The molecule has 0 amide bonds. The number of rotatable bonds is 4. The van der Waals surface area contributed by atoms with Crippen molar-refractivity contribution in [2.24, 2.45) is 10.1 Å². The molecule has 0 radical (unpaired) electrons. The van der Waals surface area contributed by atoms with Crippen molar-refractivity contribution in [1.29, 1.82) is 0 Å². The summed E-state index contributed by atoms with van der Waals surface area (Å²) in [5, 5.41) is 9.41. The van der Waals surface area contributed by atoms with E-state index < -0.39 is 0 Å². The normalized spacial score (nSPS) is 20.1. The molecular formula is C23H25N5. The Balaban J connectivity index is 1.53. The number of hydrazone groups is 1. The predicted molar refractivity (Wildman–Crippen MR) is 115 cm³/mol. The molecule has 2 heterocycles. The van der Waals surface area contributed by atoms with Crippen molar-refractivity contribution in [1.82, 2.24) is 15.7 Å². The van der Waals surface area contributed by atoms with Crippen LogP contribution in [0.15, 0.2) is 58.6 Å². The van der Waals surface area contributed by atoms with E-state index in [1.165, 1.54) is 33.3 Å². The smallest absolute Gasteiger partial charge is 0.118 e. The van der Waals surface area contributed by atoms with Crippen LogP contribution >= 0.6 is 0 Å². The number of amidine groups is 1. The Morgan fingerprint density at radius 1 is 1.14 bits per heavy atom. The molecule has 1 aliphatic carbocycles. The quantitative estimate of drug-likeness (QED) is 0.615. The van der Waals surface area contributed by atoms with E-state index in [1.807, 2.05) is 0 Å². The summed E-state index contributed by atoms with van der Waals surface area (Å²) in [5.41, 5.74) is 10.8. The fraction of sp³-hybridized carbons (Fsp3) is 0.304. The average Bonchev–Trinajstić information content (AvgIpc) is 3.36. The van der Waals surface area contributed by atoms with Gasteiger partial charge in [-0.25, -0.2) is 0 Å². The summed E-state index contributed by atoms with van der Waals surface area (Å²) in [4.78, 5) is 8.10. The molecule has 1 aromatic heterocycles. The van der Waals surface area contributed by atoms with E-state index in [9.17, 15) is 0 Å². The lowest BCUT2D eigenvalue weighted by Crippen LogP contribution is -2.30. The fourth-order valence-corrected chi connectivity index (χ4v) is 4.34. The van der Waals surface area contributed by atoms with Gasteiger partial charge in [0.1, 0.15) is 5.84 Å². The second kappa shape index (κ2) is 7.15. The molecular weight excluding hydrogens is 346 g/mol. The maximum absolute atomic E-state index is 4.84. The Labute approximate surface area is 165 Å². The number of fused-ring (bicyclic) bond motifs is 3. The van der Waals surface area contributed by atoms with Gasteiger partial charge in [-0.15, -0.1) is 0 Å². The van der Waals surface area contributed by atoms with Crippen LogP contribution in [0.2, 0.25) is 0 Å². The first-order valence-electron chi connectivity index (χ1n) is 10.0. The highest BCUT2D eigenvalue weighted by Crippen LogP contribution is 2.36. The standard InChI is InChI=1S/C23H25N5/c1-15-7-8-19-18(11-15)23-20(27-19)12-17(16-5-3-2-4-6-16)13-21(23)28-26-14-22-24-9-10-25-22/h2-8,11,17,26-27H,9-10,12-14H2,1H3,(H,24,25). The molecule has 0 spiro atoms. The van der Waals surface area contributed by atoms with E-state index in [1.54, 1.807) is 0 Å². The molecule has 0 saturated heterocycles. The van der Waals surface area contributed by atoms with Crippen LogP contribution in [0, 0.1) is 6.92 Å². The van der Waals surface area contributed by atoms with E-state index in [0.29, 0.717) is 12.5 Å². The molecule has 0 saturated carbocycles. The molecule has 1 atom stereocenters. The molecule has 2 aliphatic rings. The summed E-state index contributed by atoms with van der Waals surface area (Å²) in [6, 6.07) is 17.4. The molecule has 1 aliphatic heterocycles. The van der Waals surface area contributed by atoms with Gasteiger partial charge < -0.3 is 15.7 Å². The van der Waals surface area contributed by atoms with Crippen molar-refractivity contribution < 1.29 is 0 Å². The van der Waals surface area contributed by atoms with Crippen LogP contribution in [-0.4, -0.2) is 36.2 Å². The Bertz CT molecular complexity index is 1060. The molecule has 3 N–H and O–H groups in total. The number of aliphatic imine (C=N–C) groups is 1. The van der Waals surface area contributed by atoms with Crippen LogP contribution in [0.25, 0.3) is 10.9 Å². The van der Waals surface area contributed by atoms with Crippen LogP contribution in [0.1, 0.15) is 34.7 Å². The Kier molecular flexibility index (Phi) is 4.35. The van der Waals surface area contributed by atoms with Crippen molar-refractivity contribution in [3.63, 3.8) is 0 Å². The van der Waals surface area contributed by atoms with Gasteiger partial charge in [-0.05, 0) is 43.4 Å². The van der Waals surface area contributed by atoms with E-state index >= 15 is 0 Å². The van der Waals surface area contributed by atoms with Crippen molar-refractivity contribution >= 4 is 22.5 Å². The maximum Gasteiger partial charge on any atom is 0.118 e. The average molecular weight is 371 g/mol. The van der Waals surface area contributed by atoms with E-state index in [0.717, 1.165) is 37.5 Å². The van der Waals surface area contributed by atoms with Crippen LogP contribution in [0.4, 0.5) is 0 Å².